The van der Waals surface area contributed by atoms with E-state index in [2.05, 4.69) is 22.3 Å². The van der Waals surface area contributed by atoms with Crippen molar-refractivity contribution >= 4 is 23.2 Å². The summed E-state index contributed by atoms with van der Waals surface area (Å²) < 4.78 is 0. The first-order chi connectivity index (χ1) is 16.1. The Morgan fingerprint density at radius 3 is 2.24 bits per heavy atom. The Bertz CT molecular complexity index is 898. The van der Waals surface area contributed by atoms with Gasteiger partial charge in [0.2, 0.25) is 11.8 Å². The molecule has 176 valence electrons. The van der Waals surface area contributed by atoms with Gasteiger partial charge in [0.1, 0.15) is 0 Å². The van der Waals surface area contributed by atoms with Crippen LogP contribution in [0.5, 0.6) is 0 Å². The van der Waals surface area contributed by atoms with Gasteiger partial charge < -0.3 is 15.1 Å². The fourth-order valence-corrected chi connectivity index (χ4v) is 5.24. The maximum Gasteiger partial charge on any atom is 0.231 e. The quantitative estimate of drug-likeness (QED) is 0.586. The number of nitrogens with zero attached hydrogens (tertiary/aromatic N) is 2. The van der Waals surface area contributed by atoms with E-state index in [9.17, 15) is 9.59 Å². The molecule has 1 aliphatic carbocycles. The molecule has 2 aromatic rings. The maximum atomic E-state index is 12.8. The summed E-state index contributed by atoms with van der Waals surface area (Å²) in [5.74, 6) is 0.976. The highest BCUT2D eigenvalue weighted by Crippen LogP contribution is 2.29. The van der Waals surface area contributed by atoms with E-state index in [1.165, 1.54) is 25.7 Å². The Morgan fingerprint density at radius 2 is 1.61 bits per heavy atom. The molecule has 0 bridgehead atoms. The van der Waals surface area contributed by atoms with E-state index in [0.717, 1.165) is 61.9 Å². The molecule has 1 saturated carbocycles. The average Bonchev–Trinajstić information content (AvgIpc) is 3.38. The lowest BCUT2D eigenvalue weighted by molar-refractivity contribution is -0.131. The summed E-state index contributed by atoms with van der Waals surface area (Å²) in [6.07, 6.45) is 7.83. The zero-order valence-electron chi connectivity index (χ0n) is 19.8. The molecule has 1 heterocycles. The highest BCUT2D eigenvalue weighted by molar-refractivity contribution is 5.96. The summed E-state index contributed by atoms with van der Waals surface area (Å²) in [5, 5.41) is 3.07. The number of benzene rings is 2. The van der Waals surface area contributed by atoms with Crippen molar-refractivity contribution in [3.63, 3.8) is 0 Å². The van der Waals surface area contributed by atoms with E-state index in [1.807, 2.05) is 54.3 Å². The normalized spacial score (nSPS) is 17.7. The van der Waals surface area contributed by atoms with Crippen molar-refractivity contribution < 1.29 is 9.59 Å². The van der Waals surface area contributed by atoms with Crippen molar-refractivity contribution in [1.29, 1.82) is 0 Å². The number of hydrogen-bond donors (Lipinski definition) is 1. The Labute approximate surface area is 198 Å². The second-order valence-corrected chi connectivity index (χ2v) is 9.46. The van der Waals surface area contributed by atoms with Crippen LogP contribution in [0, 0.1) is 5.92 Å². The molecule has 4 rings (SSSR count). The van der Waals surface area contributed by atoms with Crippen molar-refractivity contribution in [2.75, 3.05) is 36.4 Å². The third-order valence-corrected chi connectivity index (χ3v) is 7.30. The van der Waals surface area contributed by atoms with Crippen LogP contribution in [0.25, 0.3) is 0 Å². The van der Waals surface area contributed by atoms with Crippen LogP contribution >= 0.6 is 0 Å². The maximum absolute atomic E-state index is 12.8. The standard InChI is InChI=1S/C28H37N3O2/c1-2-26(23-10-4-3-5-11-23)28(33)29-24-13-15-25(16-14-24)30-18-20-31(21-19-30)27(32)17-12-22-8-6-7-9-22/h3-5,10-11,13-16,22,26H,2,6-9,12,17-21H2,1H3,(H,29,33). The van der Waals surface area contributed by atoms with Crippen molar-refractivity contribution in [3.05, 3.63) is 60.2 Å². The highest BCUT2D eigenvalue weighted by Gasteiger charge is 2.23. The Balaban J connectivity index is 1.25. The summed E-state index contributed by atoms with van der Waals surface area (Å²) in [7, 11) is 0. The molecule has 1 aliphatic heterocycles. The number of rotatable bonds is 8. The van der Waals surface area contributed by atoms with E-state index in [4.69, 9.17) is 0 Å². The largest absolute Gasteiger partial charge is 0.368 e. The third kappa shape index (κ3) is 6.16. The molecule has 2 aliphatic rings. The summed E-state index contributed by atoms with van der Waals surface area (Å²) in [4.78, 5) is 29.8. The molecule has 2 amide bonds. The van der Waals surface area contributed by atoms with Gasteiger partial charge in [-0.3, -0.25) is 9.59 Å². The van der Waals surface area contributed by atoms with Crippen LogP contribution in [0.1, 0.15) is 63.4 Å². The van der Waals surface area contributed by atoms with Crippen molar-refractivity contribution in [2.45, 2.75) is 57.8 Å². The molecule has 1 atom stereocenters. The Morgan fingerprint density at radius 1 is 0.939 bits per heavy atom. The van der Waals surface area contributed by atoms with Crippen LogP contribution in [-0.2, 0) is 9.59 Å². The first kappa shape index (κ1) is 23.3. The minimum absolute atomic E-state index is 0.0289. The van der Waals surface area contributed by atoms with E-state index < -0.39 is 0 Å². The average molecular weight is 448 g/mol. The van der Waals surface area contributed by atoms with Crippen molar-refractivity contribution in [2.24, 2.45) is 5.92 Å². The molecule has 33 heavy (non-hydrogen) atoms. The zero-order valence-corrected chi connectivity index (χ0v) is 19.8. The topological polar surface area (TPSA) is 52.7 Å². The molecule has 0 spiro atoms. The SMILES string of the molecule is CCC(C(=O)Nc1ccc(N2CCN(C(=O)CCC3CCCC3)CC2)cc1)c1ccccc1. The lowest BCUT2D eigenvalue weighted by Crippen LogP contribution is -2.48. The van der Waals surface area contributed by atoms with Gasteiger partial charge in [-0.05, 0) is 48.6 Å². The van der Waals surface area contributed by atoms with Crippen molar-refractivity contribution in [1.82, 2.24) is 4.90 Å². The monoisotopic (exact) mass is 447 g/mol. The van der Waals surface area contributed by atoms with E-state index in [-0.39, 0.29) is 11.8 Å². The van der Waals surface area contributed by atoms with Crippen LogP contribution < -0.4 is 10.2 Å². The zero-order chi connectivity index (χ0) is 23.0. The number of nitrogens with one attached hydrogen (secondary N) is 1. The van der Waals surface area contributed by atoms with E-state index >= 15 is 0 Å². The number of carbonyl (C=O) groups is 2. The predicted octanol–water partition coefficient (Wildman–Crippen LogP) is 5.44. The number of amides is 2. The van der Waals surface area contributed by atoms with Crippen LogP contribution in [0.3, 0.4) is 0 Å². The summed E-state index contributed by atoms with van der Waals surface area (Å²) in [5.41, 5.74) is 3.00. The van der Waals surface area contributed by atoms with Gasteiger partial charge in [-0.15, -0.1) is 0 Å². The first-order valence-electron chi connectivity index (χ1n) is 12.6. The summed E-state index contributed by atoms with van der Waals surface area (Å²) >= 11 is 0. The van der Waals surface area contributed by atoms with Crippen LogP contribution in [0.15, 0.2) is 54.6 Å². The molecule has 2 fully saturated rings. The molecule has 5 nitrogen and oxygen atoms in total. The summed E-state index contributed by atoms with van der Waals surface area (Å²) in [6, 6.07) is 18.0. The number of piperazine rings is 1. The van der Waals surface area contributed by atoms with Gasteiger partial charge in [-0.25, -0.2) is 0 Å². The molecule has 0 radical (unpaired) electrons. The van der Waals surface area contributed by atoms with E-state index in [1.54, 1.807) is 0 Å². The molecule has 2 aromatic carbocycles. The molecular weight excluding hydrogens is 410 g/mol. The smallest absolute Gasteiger partial charge is 0.231 e. The van der Waals surface area contributed by atoms with Crippen LogP contribution in [-0.4, -0.2) is 42.9 Å². The first-order valence-corrected chi connectivity index (χ1v) is 12.6. The number of carbonyl (C=O) groups excluding carboxylic acids is 2. The number of anilines is 2. The van der Waals surface area contributed by atoms with Gasteiger partial charge in [0.15, 0.2) is 0 Å². The Hall–Kier alpha value is -2.82. The lowest BCUT2D eigenvalue weighted by Gasteiger charge is -2.36. The van der Waals surface area contributed by atoms with Gasteiger partial charge >= 0.3 is 0 Å². The van der Waals surface area contributed by atoms with Gasteiger partial charge in [-0.2, -0.15) is 0 Å². The fraction of sp³-hybridized carbons (Fsp3) is 0.500. The molecular formula is C28H37N3O2. The summed E-state index contributed by atoms with van der Waals surface area (Å²) in [6.45, 7) is 5.33. The van der Waals surface area contributed by atoms with Crippen molar-refractivity contribution in [3.8, 4) is 0 Å². The minimum atomic E-state index is -0.148. The van der Waals surface area contributed by atoms with E-state index in [0.29, 0.717) is 12.3 Å². The number of hydrogen-bond acceptors (Lipinski definition) is 3. The van der Waals surface area contributed by atoms with Gasteiger partial charge in [0, 0.05) is 44.0 Å². The fourth-order valence-electron chi connectivity index (χ4n) is 5.24. The molecule has 1 unspecified atom stereocenters. The minimum Gasteiger partial charge on any atom is -0.368 e. The second-order valence-electron chi connectivity index (χ2n) is 9.46. The van der Waals surface area contributed by atoms with Gasteiger partial charge in [0.25, 0.3) is 0 Å². The molecule has 1 N–H and O–H groups in total. The lowest BCUT2D eigenvalue weighted by atomic mass is 9.95. The van der Waals surface area contributed by atoms with Gasteiger partial charge in [-0.1, -0.05) is 62.9 Å². The Kier molecular flexibility index (Phi) is 8.03. The third-order valence-electron chi connectivity index (χ3n) is 7.30. The molecule has 1 saturated heterocycles. The predicted molar refractivity (Wildman–Crippen MR) is 135 cm³/mol. The molecule has 0 aromatic heterocycles. The second kappa shape index (κ2) is 11.4. The van der Waals surface area contributed by atoms with Gasteiger partial charge in [0.05, 0.1) is 5.92 Å². The van der Waals surface area contributed by atoms with Crippen LogP contribution in [0.4, 0.5) is 11.4 Å². The highest BCUT2D eigenvalue weighted by atomic mass is 16.2. The van der Waals surface area contributed by atoms with Crippen LogP contribution in [0.2, 0.25) is 0 Å². The molecule has 5 heteroatoms.